The first-order valence-corrected chi connectivity index (χ1v) is 7.37. The van der Waals surface area contributed by atoms with Gasteiger partial charge in [-0.1, -0.05) is 0 Å². The minimum Gasteiger partial charge on any atom is -0.488 e. The third-order valence-electron chi connectivity index (χ3n) is 3.50. The first-order valence-electron chi connectivity index (χ1n) is 7.37. The summed E-state index contributed by atoms with van der Waals surface area (Å²) in [6, 6.07) is 4.59. The molecule has 0 unspecified atom stereocenters. The smallest absolute Gasteiger partial charge is 0.275 e. The summed E-state index contributed by atoms with van der Waals surface area (Å²) in [4.78, 5) is 16.1. The summed E-state index contributed by atoms with van der Waals surface area (Å²) in [7, 11) is 0. The molecule has 0 saturated carbocycles. The van der Waals surface area contributed by atoms with Crippen LogP contribution in [-0.4, -0.2) is 33.7 Å². The Labute approximate surface area is 131 Å². The molecule has 1 aliphatic heterocycles. The number of rotatable bonds is 5. The summed E-state index contributed by atoms with van der Waals surface area (Å²) in [5.74, 6) is 0.185. The van der Waals surface area contributed by atoms with E-state index in [9.17, 15) is 13.6 Å². The molecule has 6 nitrogen and oxygen atoms in total. The predicted molar refractivity (Wildman–Crippen MR) is 78.9 cm³/mol. The standard InChI is InChI=1S/C15H16F2N4O2/c16-13(17)9-23-11-4-5-18-12(8-11)15(22)19-14-7-10-3-1-2-6-21(10)20-14/h4-5,7-8,13H,1-3,6,9H2,(H,19,20,22). The molecule has 0 fully saturated rings. The van der Waals surface area contributed by atoms with E-state index in [0.717, 1.165) is 31.5 Å². The van der Waals surface area contributed by atoms with Crippen molar-refractivity contribution in [1.82, 2.24) is 14.8 Å². The molecule has 0 aliphatic carbocycles. The maximum Gasteiger partial charge on any atom is 0.275 e. The van der Waals surface area contributed by atoms with Crippen molar-refractivity contribution in [2.75, 3.05) is 11.9 Å². The van der Waals surface area contributed by atoms with Gasteiger partial charge in [-0.25, -0.2) is 8.78 Å². The Balaban J connectivity index is 1.68. The van der Waals surface area contributed by atoms with Crippen molar-refractivity contribution in [3.05, 3.63) is 35.8 Å². The molecular formula is C15H16F2N4O2. The largest absolute Gasteiger partial charge is 0.488 e. The number of nitrogens with zero attached hydrogens (tertiary/aromatic N) is 3. The van der Waals surface area contributed by atoms with Crippen LogP contribution >= 0.6 is 0 Å². The van der Waals surface area contributed by atoms with E-state index < -0.39 is 18.9 Å². The molecule has 122 valence electrons. The summed E-state index contributed by atoms with van der Waals surface area (Å²) < 4.78 is 31.1. The van der Waals surface area contributed by atoms with Gasteiger partial charge in [0, 0.05) is 30.6 Å². The van der Waals surface area contributed by atoms with Gasteiger partial charge in [-0.15, -0.1) is 0 Å². The second-order valence-electron chi connectivity index (χ2n) is 5.23. The van der Waals surface area contributed by atoms with Crippen molar-refractivity contribution < 1.29 is 18.3 Å². The number of carbonyl (C=O) groups excluding carboxylic acids is 1. The van der Waals surface area contributed by atoms with Crippen molar-refractivity contribution in [3.63, 3.8) is 0 Å². The average Bonchev–Trinajstić information content (AvgIpc) is 2.95. The minimum absolute atomic E-state index is 0.0859. The fourth-order valence-electron chi connectivity index (χ4n) is 2.44. The highest BCUT2D eigenvalue weighted by atomic mass is 19.3. The molecule has 8 heteroatoms. The summed E-state index contributed by atoms with van der Waals surface area (Å²) in [6.45, 7) is 0.124. The van der Waals surface area contributed by atoms with Gasteiger partial charge < -0.3 is 10.1 Å². The van der Waals surface area contributed by atoms with Crippen LogP contribution in [-0.2, 0) is 13.0 Å². The topological polar surface area (TPSA) is 69.0 Å². The van der Waals surface area contributed by atoms with Gasteiger partial charge in [0.15, 0.2) is 5.82 Å². The molecule has 23 heavy (non-hydrogen) atoms. The lowest BCUT2D eigenvalue weighted by Crippen LogP contribution is -2.15. The van der Waals surface area contributed by atoms with Crippen LogP contribution in [0.15, 0.2) is 24.4 Å². The number of amides is 1. The Bertz CT molecular complexity index is 679. The lowest BCUT2D eigenvalue weighted by atomic mass is 10.1. The van der Waals surface area contributed by atoms with E-state index in [1.807, 2.05) is 10.7 Å². The molecule has 0 radical (unpaired) electrons. The number of pyridine rings is 1. The van der Waals surface area contributed by atoms with E-state index in [-0.39, 0.29) is 11.4 Å². The zero-order valence-electron chi connectivity index (χ0n) is 12.3. The Morgan fingerprint density at radius 2 is 2.26 bits per heavy atom. The number of ether oxygens (including phenoxy) is 1. The molecule has 2 aromatic heterocycles. The van der Waals surface area contributed by atoms with E-state index in [2.05, 4.69) is 15.4 Å². The molecule has 1 N–H and O–H groups in total. The SMILES string of the molecule is O=C(Nc1cc2n(n1)CCCC2)c1cc(OCC(F)F)ccn1. The molecule has 1 aliphatic rings. The monoisotopic (exact) mass is 322 g/mol. The van der Waals surface area contributed by atoms with Crippen LogP contribution in [0.3, 0.4) is 0 Å². The number of halogens is 2. The molecular weight excluding hydrogens is 306 g/mol. The summed E-state index contributed by atoms with van der Waals surface area (Å²) in [5, 5.41) is 7.00. The molecule has 0 atom stereocenters. The Morgan fingerprint density at radius 3 is 3.04 bits per heavy atom. The average molecular weight is 322 g/mol. The number of fused-ring (bicyclic) bond motifs is 1. The second-order valence-corrected chi connectivity index (χ2v) is 5.23. The van der Waals surface area contributed by atoms with Crippen LogP contribution in [0, 0.1) is 0 Å². The first kappa shape index (κ1) is 15.4. The third kappa shape index (κ3) is 3.82. The van der Waals surface area contributed by atoms with Crippen LogP contribution in [0.1, 0.15) is 29.0 Å². The zero-order chi connectivity index (χ0) is 16.2. The predicted octanol–water partition coefficient (Wildman–Crippen LogP) is 2.51. The van der Waals surface area contributed by atoms with E-state index in [0.29, 0.717) is 5.82 Å². The van der Waals surface area contributed by atoms with Crippen LogP contribution in [0.5, 0.6) is 5.75 Å². The molecule has 2 aromatic rings. The zero-order valence-corrected chi connectivity index (χ0v) is 12.3. The van der Waals surface area contributed by atoms with Crippen molar-refractivity contribution >= 4 is 11.7 Å². The van der Waals surface area contributed by atoms with Crippen molar-refractivity contribution in [1.29, 1.82) is 0 Å². The van der Waals surface area contributed by atoms with Gasteiger partial charge in [0.25, 0.3) is 12.3 Å². The normalized spacial score (nSPS) is 13.7. The van der Waals surface area contributed by atoms with Crippen molar-refractivity contribution in [2.45, 2.75) is 32.2 Å². The fourth-order valence-corrected chi connectivity index (χ4v) is 2.44. The molecule has 1 amide bonds. The summed E-state index contributed by atoms with van der Waals surface area (Å²) >= 11 is 0. The van der Waals surface area contributed by atoms with E-state index >= 15 is 0 Å². The number of anilines is 1. The Hall–Kier alpha value is -2.51. The van der Waals surface area contributed by atoms with Crippen LogP contribution in [0.25, 0.3) is 0 Å². The molecule has 0 saturated heterocycles. The Kier molecular flexibility index (Phi) is 4.50. The van der Waals surface area contributed by atoms with Crippen LogP contribution < -0.4 is 10.1 Å². The van der Waals surface area contributed by atoms with Crippen molar-refractivity contribution in [2.24, 2.45) is 0 Å². The van der Waals surface area contributed by atoms with Gasteiger partial charge >= 0.3 is 0 Å². The number of aryl methyl sites for hydroxylation is 2. The molecule has 0 bridgehead atoms. The van der Waals surface area contributed by atoms with Gasteiger partial charge in [-0.2, -0.15) is 5.10 Å². The lowest BCUT2D eigenvalue weighted by Gasteiger charge is -2.11. The molecule has 0 spiro atoms. The van der Waals surface area contributed by atoms with E-state index in [1.165, 1.54) is 18.3 Å². The number of aromatic nitrogens is 3. The van der Waals surface area contributed by atoms with Gasteiger partial charge in [0.2, 0.25) is 0 Å². The van der Waals surface area contributed by atoms with Gasteiger partial charge in [-0.3, -0.25) is 14.5 Å². The van der Waals surface area contributed by atoms with E-state index in [1.54, 1.807) is 0 Å². The Morgan fingerprint density at radius 1 is 1.39 bits per heavy atom. The summed E-state index contributed by atoms with van der Waals surface area (Å²) in [5.41, 5.74) is 1.18. The maximum atomic E-state index is 12.2. The number of hydrogen-bond acceptors (Lipinski definition) is 4. The van der Waals surface area contributed by atoms with Gasteiger partial charge in [-0.05, 0) is 25.3 Å². The van der Waals surface area contributed by atoms with E-state index in [4.69, 9.17) is 4.74 Å². The maximum absolute atomic E-state index is 12.2. The molecule has 0 aromatic carbocycles. The lowest BCUT2D eigenvalue weighted by molar-refractivity contribution is 0.0818. The highest BCUT2D eigenvalue weighted by molar-refractivity contribution is 6.02. The van der Waals surface area contributed by atoms with Gasteiger partial charge in [0.1, 0.15) is 18.1 Å². The highest BCUT2D eigenvalue weighted by Crippen LogP contribution is 2.19. The van der Waals surface area contributed by atoms with Gasteiger partial charge in [0.05, 0.1) is 0 Å². The second kappa shape index (κ2) is 6.72. The molecule has 3 heterocycles. The minimum atomic E-state index is -2.57. The van der Waals surface area contributed by atoms with Crippen LogP contribution in [0.2, 0.25) is 0 Å². The van der Waals surface area contributed by atoms with Crippen molar-refractivity contribution in [3.8, 4) is 5.75 Å². The number of hydrogen-bond donors (Lipinski definition) is 1. The number of nitrogens with one attached hydrogen (secondary N) is 1. The highest BCUT2D eigenvalue weighted by Gasteiger charge is 2.15. The first-order chi connectivity index (χ1) is 11.1. The molecule has 3 rings (SSSR count). The quantitative estimate of drug-likeness (QED) is 0.918. The number of alkyl halides is 2. The number of carbonyl (C=O) groups is 1. The fraction of sp³-hybridized carbons (Fsp3) is 0.400. The van der Waals surface area contributed by atoms with Crippen LogP contribution in [0.4, 0.5) is 14.6 Å². The summed E-state index contributed by atoms with van der Waals surface area (Å²) in [6.07, 6.45) is 1.90. The third-order valence-corrected chi connectivity index (χ3v) is 3.50.